The van der Waals surface area contributed by atoms with Crippen molar-refractivity contribution in [2.24, 2.45) is 5.73 Å². The van der Waals surface area contributed by atoms with Crippen LogP contribution in [0.5, 0.6) is 0 Å². The Morgan fingerprint density at radius 2 is 2.40 bits per heavy atom. The Labute approximate surface area is 87.7 Å². The van der Waals surface area contributed by atoms with Crippen LogP contribution in [0.15, 0.2) is 4.52 Å². The van der Waals surface area contributed by atoms with Crippen LogP contribution in [-0.4, -0.2) is 36.0 Å². The molecule has 0 aliphatic carbocycles. The van der Waals surface area contributed by atoms with Gasteiger partial charge in [-0.3, -0.25) is 0 Å². The van der Waals surface area contributed by atoms with E-state index in [2.05, 4.69) is 10.1 Å². The van der Waals surface area contributed by atoms with Crippen LogP contribution in [0.1, 0.15) is 24.7 Å². The molecule has 0 bridgehead atoms. The van der Waals surface area contributed by atoms with Crippen molar-refractivity contribution in [1.29, 1.82) is 0 Å². The number of nitrogens with two attached hydrogens (primary N) is 1. The van der Waals surface area contributed by atoms with Gasteiger partial charge in [0.1, 0.15) is 6.10 Å². The summed E-state index contributed by atoms with van der Waals surface area (Å²) >= 11 is 0. The van der Waals surface area contributed by atoms with E-state index in [9.17, 15) is 0 Å². The van der Waals surface area contributed by atoms with Gasteiger partial charge in [-0.2, -0.15) is 4.98 Å². The summed E-state index contributed by atoms with van der Waals surface area (Å²) in [6, 6.07) is 0.0156. The van der Waals surface area contributed by atoms with Crippen LogP contribution in [0.25, 0.3) is 0 Å². The van der Waals surface area contributed by atoms with E-state index in [1.54, 1.807) is 0 Å². The van der Waals surface area contributed by atoms with Gasteiger partial charge in [-0.1, -0.05) is 5.16 Å². The van der Waals surface area contributed by atoms with Crippen molar-refractivity contribution in [3.05, 3.63) is 11.7 Å². The largest absolute Gasteiger partial charge is 0.376 e. The zero-order valence-corrected chi connectivity index (χ0v) is 8.68. The normalized spacial score (nSPS) is 24.0. The maximum absolute atomic E-state index is 5.63. The van der Waals surface area contributed by atoms with Crippen molar-refractivity contribution in [3.63, 3.8) is 0 Å². The van der Waals surface area contributed by atoms with Crippen LogP contribution in [-0.2, 0) is 15.9 Å². The Balaban J connectivity index is 1.99. The van der Waals surface area contributed by atoms with Crippen molar-refractivity contribution in [2.75, 3.05) is 19.8 Å². The summed E-state index contributed by atoms with van der Waals surface area (Å²) < 4.78 is 15.7. The van der Waals surface area contributed by atoms with Gasteiger partial charge < -0.3 is 19.7 Å². The van der Waals surface area contributed by atoms with Crippen LogP contribution in [0.4, 0.5) is 0 Å². The number of aromatic nitrogens is 2. The molecule has 1 aliphatic heterocycles. The molecule has 15 heavy (non-hydrogen) atoms. The molecule has 2 unspecified atom stereocenters. The first-order chi connectivity index (χ1) is 7.25. The van der Waals surface area contributed by atoms with Crippen LogP contribution in [0.3, 0.4) is 0 Å². The summed E-state index contributed by atoms with van der Waals surface area (Å²) in [7, 11) is 0. The maximum Gasteiger partial charge on any atom is 0.228 e. The predicted octanol–water partition coefficient (Wildman–Crippen LogP) is 0.0472. The van der Waals surface area contributed by atoms with Gasteiger partial charge in [0.05, 0.1) is 19.8 Å². The SMILES string of the molecule is CC(N)Cc1nc(C2COCCO2)no1. The van der Waals surface area contributed by atoms with Gasteiger partial charge in [0.2, 0.25) is 11.7 Å². The Kier molecular flexibility index (Phi) is 3.30. The molecule has 6 nitrogen and oxygen atoms in total. The van der Waals surface area contributed by atoms with E-state index in [1.807, 2.05) is 6.92 Å². The molecule has 2 N–H and O–H groups in total. The highest BCUT2D eigenvalue weighted by atomic mass is 16.6. The van der Waals surface area contributed by atoms with Gasteiger partial charge in [0.25, 0.3) is 0 Å². The molecular weight excluding hydrogens is 198 g/mol. The van der Waals surface area contributed by atoms with E-state index >= 15 is 0 Å². The predicted molar refractivity (Wildman–Crippen MR) is 51.2 cm³/mol. The molecule has 1 aliphatic rings. The van der Waals surface area contributed by atoms with E-state index in [-0.39, 0.29) is 12.1 Å². The fraction of sp³-hybridized carbons (Fsp3) is 0.778. The summed E-state index contributed by atoms with van der Waals surface area (Å²) in [6.45, 7) is 3.57. The topological polar surface area (TPSA) is 83.4 Å². The molecule has 1 aromatic rings. The van der Waals surface area contributed by atoms with E-state index in [1.165, 1.54) is 0 Å². The molecule has 2 heterocycles. The Hall–Kier alpha value is -0.980. The Morgan fingerprint density at radius 1 is 1.53 bits per heavy atom. The highest BCUT2D eigenvalue weighted by Crippen LogP contribution is 2.17. The third-order valence-corrected chi connectivity index (χ3v) is 2.08. The van der Waals surface area contributed by atoms with E-state index in [0.29, 0.717) is 38.0 Å². The number of nitrogens with zero attached hydrogens (tertiary/aromatic N) is 2. The van der Waals surface area contributed by atoms with Gasteiger partial charge in [-0.15, -0.1) is 0 Å². The summed E-state index contributed by atoms with van der Waals surface area (Å²) in [5, 5.41) is 3.85. The highest BCUT2D eigenvalue weighted by Gasteiger charge is 2.22. The fourth-order valence-electron chi connectivity index (χ4n) is 1.39. The van der Waals surface area contributed by atoms with Crippen molar-refractivity contribution in [3.8, 4) is 0 Å². The average molecular weight is 213 g/mol. The molecular formula is C9H15N3O3. The first-order valence-corrected chi connectivity index (χ1v) is 5.03. The number of hydrogen-bond donors (Lipinski definition) is 1. The number of hydrogen-bond acceptors (Lipinski definition) is 6. The van der Waals surface area contributed by atoms with Crippen molar-refractivity contribution in [1.82, 2.24) is 10.1 Å². The molecule has 6 heteroatoms. The molecule has 0 amide bonds. The first-order valence-electron chi connectivity index (χ1n) is 5.03. The molecule has 0 spiro atoms. The minimum absolute atomic E-state index is 0.0156. The Morgan fingerprint density at radius 3 is 3.07 bits per heavy atom. The molecule has 84 valence electrons. The number of rotatable bonds is 3. The zero-order valence-electron chi connectivity index (χ0n) is 8.68. The average Bonchev–Trinajstić information content (AvgIpc) is 2.67. The van der Waals surface area contributed by atoms with E-state index in [0.717, 1.165) is 0 Å². The minimum atomic E-state index is -0.204. The fourth-order valence-corrected chi connectivity index (χ4v) is 1.39. The second-order valence-corrected chi connectivity index (χ2v) is 3.66. The third-order valence-electron chi connectivity index (χ3n) is 2.08. The molecule has 0 radical (unpaired) electrons. The van der Waals surface area contributed by atoms with Gasteiger partial charge >= 0.3 is 0 Å². The summed E-state index contributed by atoms with van der Waals surface area (Å²) in [5.74, 6) is 1.10. The zero-order chi connectivity index (χ0) is 10.7. The number of ether oxygens (including phenoxy) is 2. The van der Waals surface area contributed by atoms with Crippen LogP contribution >= 0.6 is 0 Å². The van der Waals surface area contributed by atoms with Crippen LogP contribution < -0.4 is 5.73 Å². The summed E-state index contributed by atoms with van der Waals surface area (Å²) in [5.41, 5.74) is 5.63. The maximum atomic E-state index is 5.63. The molecule has 1 saturated heterocycles. The van der Waals surface area contributed by atoms with Gasteiger partial charge in [-0.05, 0) is 6.92 Å². The summed E-state index contributed by atoms with van der Waals surface area (Å²) in [4.78, 5) is 4.21. The first kappa shape index (κ1) is 10.5. The van der Waals surface area contributed by atoms with Gasteiger partial charge in [-0.25, -0.2) is 0 Å². The van der Waals surface area contributed by atoms with Crippen LogP contribution in [0.2, 0.25) is 0 Å². The molecule has 0 saturated carbocycles. The summed E-state index contributed by atoms with van der Waals surface area (Å²) in [6.07, 6.45) is 0.380. The van der Waals surface area contributed by atoms with Crippen LogP contribution in [0, 0.1) is 0 Å². The molecule has 2 rings (SSSR count). The lowest BCUT2D eigenvalue weighted by Crippen LogP contribution is -2.23. The minimum Gasteiger partial charge on any atom is -0.376 e. The highest BCUT2D eigenvalue weighted by molar-refractivity contribution is 4.93. The quantitative estimate of drug-likeness (QED) is 0.763. The van der Waals surface area contributed by atoms with Gasteiger partial charge in [0.15, 0.2) is 0 Å². The third kappa shape index (κ3) is 2.74. The second kappa shape index (κ2) is 4.69. The van der Waals surface area contributed by atoms with Crippen molar-refractivity contribution >= 4 is 0 Å². The lowest BCUT2D eigenvalue weighted by molar-refractivity contribution is -0.0941. The van der Waals surface area contributed by atoms with E-state index in [4.69, 9.17) is 19.7 Å². The van der Waals surface area contributed by atoms with Gasteiger partial charge in [0, 0.05) is 12.5 Å². The lowest BCUT2D eigenvalue weighted by atomic mass is 10.2. The lowest BCUT2D eigenvalue weighted by Gasteiger charge is -2.19. The monoisotopic (exact) mass is 213 g/mol. The van der Waals surface area contributed by atoms with Crippen molar-refractivity contribution in [2.45, 2.75) is 25.5 Å². The Bertz CT molecular complexity index is 307. The molecule has 2 atom stereocenters. The second-order valence-electron chi connectivity index (χ2n) is 3.66. The molecule has 1 aromatic heterocycles. The van der Waals surface area contributed by atoms with E-state index < -0.39 is 0 Å². The molecule has 0 aromatic carbocycles. The molecule has 1 fully saturated rings. The standard InChI is InChI=1S/C9H15N3O3/c1-6(10)4-8-11-9(12-15-8)7-5-13-2-3-14-7/h6-7H,2-5,10H2,1H3. The smallest absolute Gasteiger partial charge is 0.228 e. The van der Waals surface area contributed by atoms with Crippen molar-refractivity contribution < 1.29 is 14.0 Å².